The first-order valence-corrected chi connectivity index (χ1v) is 11.3. The van der Waals surface area contributed by atoms with Crippen LogP contribution in [0.5, 0.6) is 0 Å². The zero-order valence-corrected chi connectivity index (χ0v) is 18.8. The largest absolute Gasteiger partial charge is 0.368 e. The molecule has 1 aromatic heterocycles. The molecule has 0 atom stereocenters. The lowest BCUT2D eigenvalue weighted by atomic mass is 10.0. The highest BCUT2D eigenvalue weighted by Gasteiger charge is 2.42. The van der Waals surface area contributed by atoms with Crippen molar-refractivity contribution in [2.24, 2.45) is 0 Å². The van der Waals surface area contributed by atoms with Crippen molar-refractivity contribution in [1.29, 1.82) is 0 Å². The van der Waals surface area contributed by atoms with E-state index in [4.69, 9.17) is 11.6 Å². The Kier molecular flexibility index (Phi) is 5.84. The van der Waals surface area contributed by atoms with Crippen LogP contribution >= 0.6 is 11.6 Å². The lowest BCUT2D eigenvalue weighted by Crippen LogP contribution is -2.47. The molecule has 0 saturated carbocycles. The molecule has 6 nitrogen and oxygen atoms in total. The predicted molar refractivity (Wildman–Crippen MR) is 128 cm³/mol. The van der Waals surface area contributed by atoms with Gasteiger partial charge in [0.1, 0.15) is 5.70 Å². The minimum Gasteiger partial charge on any atom is -0.368 e. The average Bonchev–Trinajstić information content (AvgIpc) is 3.11. The predicted octanol–water partition coefficient (Wildman–Crippen LogP) is 3.84. The van der Waals surface area contributed by atoms with Gasteiger partial charge in [-0.2, -0.15) is 0 Å². The second kappa shape index (κ2) is 9.08. The number of carbonyl (C=O) groups excluding carboxylic acids is 2. The molecule has 2 amide bonds. The normalized spacial score (nSPS) is 16.7. The molecule has 2 aliphatic heterocycles. The van der Waals surface area contributed by atoms with Crippen LogP contribution in [0.15, 0.2) is 84.8 Å². The summed E-state index contributed by atoms with van der Waals surface area (Å²) >= 11 is 6.08. The van der Waals surface area contributed by atoms with Crippen LogP contribution < -0.4 is 4.90 Å². The molecule has 166 valence electrons. The summed E-state index contributed by atoms with van der Waals surface area (Å²) in [6.07, 6.45) is 3.33. The molecule has 0 radical (unpaired) electrons. The molecule has 33 heavy (non-hydrogen) atoms. The summed E-state index contributed by atoms with van der Waals surface area (Å²) in [6, 6.07) is 21.0. The molecule has 5 rings (SSSR count). The van der Waals surface area contributed by atoms with E-state index in [1.54, 1.807) is 36.7 Å². The zero-order chi connectivity index (χ0) is 22.8. The summed E-state index contributed by atoms with van der Waals surface area (Å²) in [7, 11) is 0. The number of carbonyl (C=O) groups is 2. The number of amides is 2. The van der Waals surface area contributed by atoms with Gasteiger partial charge in [-0.05, 0) is 47.5 Å². The number of halogens is 1. The third-order valence-electron chi connectivity index (χ3n) is 6.08. The summed E-state index contributed by atoms with van der Waals surface area (Å²) < 4.78 is 0. The van der Waals surface area contributed by atoms with Gasteiger partial charge < -0.3 is 9.80 Å². The molecule has 1 saturated heterocycles. The molecule has 1 fully saturated rings. The Labute approximate surface area is 197 Å². The van der Waals surface area contributed by atoms with E-state index in [0.29, 0.717) is 34.9 Å². The fraction of sp³-hybridized carbons (Fsp3) is 0.192. The number of pyridine rings is 1. The summed E-state index contributed by atoms with van der Waals surface area (Å²) in [5.41, 5.74) is 3.65. The van der Waals surface area contributed by atoms with Gasteiger partial charge in [0.2, 0.25) is 0 Å². The van der Waals surface area contributed by atoms with Crippen LogP contribution in [0.2, 0.25) is 5.02 Å². The van der Waals surface area contributed by atoms with Gasteiger partial charge in [0.05, 0.1) is 12.1 Å². The number of hydrogen-bond acceptors (Lipinski definition) is 5. The van der Waals surface area contributed by atoms with E-state index in [9.17, 15) is 9.59 Å². The Morgan fingerprint density at radius 2 is 1.39 bits per heavy atom. The van der Waals surface area contributed by atoms with E-state index in [0.717, 1.165) is 24.3 Å². The molecule has 0 bridgehead atoms. The molecule has 2 aliphatic rings. The number of hydrogen-bond donors (Lipinski definition) is 0. The van der Waals surface area contributed by atoms with Gasteiger partial charge in [-0.3, -0.25) is 19.5 Å². The lowest BCUT2D eigenvalue weighted by molar-refractivity contribution is -0.138. The molecule has 0 spiro atoms. The molecule has 0 unspecified atom stereocenters. The van der Waals surface area contributed by atoms with Crippen molar-refractivity contribution in [2.75, 3.05) is 31.1 Å². The van der Waals surface area contributed by atoms with E-state index in [-0.39, 0.29) is 18.4 Å². The lowest BCUT2D eigenvalue weighted by Gasteiger charge is -2.37. The van der Waals surface area contributed by atoms with Crippen molar-refractivity contribution >= 4 is 34.7 Å². The van der Waals surface area contributed by atoms with E-state index in [1.807, 2.05) is 30.3 Å². The van der Waals surface area contributed by atoms with Crippen LogP contribution in [0.3, 0.4) is 0 Å². The summed E-state index contributed by atoms with van der Waals surface area (Å²) in [4.78, 5) is 36.8. The maximum Gasteiger partial charge on any atom is 0.278 e. The topological polar surface area (TPSA) is 56.8 Å². The van der Waals surface area contributed by atoms with Crippen LogP contribution in [-0.4, -0.2) is 52.8 Å². The van der Waals surface area contributed by atoms with Crippen LogP contribution in [0, 0.1) is 0 Å². The fourth-order valence-corrected chi connectivity index (χ4v) is 4.50. The number of aromatic nitrogens is 1. The maximum absolute atomic E-state index is 13.6. The van der Waals surface area contributed by atoms with Crippen molar-refractivity contribution in [2.45, 2.75) is 6.54 Å². The maximum atomic E-state index is 13.6. The first-order chi connectivity index (χ1) is 16.1. The van der Waals surface area contributed by atoms with E-state index < -0.39 is 0 Å². The molecular weight excluding hydrogens is 436 g/mol. The monoisotopic (exact) mass is 458 g/mol. The minimum atomic E-state index is -0.278. The molecule has 3 heterocycles. The van der Waals surface area contributed by atoms with Gasteiger partial charge in [0.25, 0.3) is 11.8 Å². The summed E-state index contributed by atoms with van der Waals surface area (Å²) in [5, 5.41) is 0.586. The smallest absolute Gasteiger partial charge is 0.278 e. The van der Waals surface area contributed by atoms with Crippen molar-refractivity contribution in [3.05, 3.63) is 101 Å². The molecule has 7 heteroatoms. The quantitative estimate of drug-likeness (QED) is 0.544. The highest BCUT2D eigenvalue weighted by Crippen LogP contribution is 2.34. The third-order valence-corrected chi connectivity index (χ3v) is 6.34. The van der Waals surface area contributed by atoms with Crippen molar-refractivity contribution in [1.82, 2.24) is 14.8 Å². The number of nitrogens with zero attached hydrogens (tertiary/aromatic N) is 4. The van der Waals surface area contributed by atoms with Gasteiger partial charge in [-0.15, -0.1) is 0 Å². The summed E-state index contributed by atoms with van der Waals surface area (Å²) in [6.45, 7) is 3.07. The van der Waals surface area contributed by atoms with Crippen LogP contribution in [0.4, 0.5) is 5.69 Å². The van der Waals surface area contributed by atoms with Crippen molar-refractivity contribution in [3.8, 4) is 0 Å². The standard InChI is InChI=1S/C26H23ClN4O2/c27-21-8-6-20(7-9-21)23-24(26(33)31(25(23)32)18-19-10-12-28-13-11-19)30-16-14-29(15-17-30)22-4-2-1-3-5-22/h1-13H,14-18H2. The first kappa shape index (κ1) is 21.2. The number of rotatable bonds is 5. The number of imide groups is 1. The Morgan fingerprint density at radius 3 is 2.06 bits per heavy atom. The number of benzene rings is 2. The van der Waals surface area contributed by atoms with Gasteiger partial charge >= 0.3 is 0 Å². The Bertz CT molecular complexity index is 1190. The van der Waals surface area contributed by atoms with Gasteiger partial charge in [-0.25, -0.2) is 0 Å². The zero-order valence-electron chi connectivity index (χ0n) is 18.0. The Morgan fingerprint density at radius 1 is 0.758 bits per heavy atom. The van der Waals surface area contributed by atoms with Gasteiger partial charge in [0.15, 0.2) is 0 Å². The number of piperazine rings is 1. The molecule has 0 aliphatic carbocycles. The Balaban J connectivity index is 1.45. The van der Waals surface area contributed by atoms with E-state index in [2.05, 4.69) is 26.9 Å². The SMILES string of the molecule is O=C1C(c2ccc(Cl)cc2)=C(N2CCN(c3ccccc3)CC2)C(=O)N1Cc1ccncc1. The van der Waals surface area contributed by atoms with Crippen molar-refractivity contribution < 1.29 is 9.59 Å². The van der Waals surface area contributed by atoms with Crippen LogP contribution in [0.25, 0.3) is 5.57 Å². The Hall–Kier alpha value is -3.64. The molecular formula is C26H23ClN4O2. The van der Waals surface area contributed by atoms with E-state index in [1.165, 1.54) is 4.90 Å². The minimum absolute atomic E-state index is 0.213. The van der Waals surface area contributed by atoms with Crippen LogP contribution in [-0.2, 0) is 16.1 Å². The molecule has 3 aromatic rings. The highest BCUT2D eigenvalue weighted by atomic mass is 35.5. The second-order valence-corrected chi connectivity index (χ2v) is 8.53. The number of anilines is 1. The van der Waals surface area contributed by atoms with Crippen LogP contribution in [0.1, 0.15) is 11.1 Å². The second-order valence-electron chi connectivity index (χ2n) is 8.09. The highest BCUT2D eigenvalue weighted by molar-refractivity contribution is 6.36. The third kappa shape index (κ3) is 4.22. The molecule has 0 N–H and O–H groups in total. The van der Waals surface area contributed by atoms with Gasteiger partial charge in [0, 0.05) is 49.3 Å². The average molecular weight is 459 g/mol. The van der Waals surface area contributed by atoms with Crippen molar-refractivity contribution in [3.63, 3.8) is 0 Å². The fourth-order valence-electron chi connectivity index (χ4n) is 4.37. The summed E-state index contributed by atoms with van der Waals surface area (Å²) in [5.74, 6) is -0.533. The van der Waals surface area contributed by atoms with E-state index >= 15 is 0 Å². The first-order valence-electron chi connectivity index (χ1n) is 10.9. The molecule has 2 aromatic carbocycles. The number of para-hydroxylation sites is 1. The van der Waals surface area contributed by atoms with Gasteiger partial charge in [-0.1, -0.05) is 41.9 Å².